The van der Waals surface area contributed by atoms with Crippen LogP contribution in [0.25, 0.3) is 0 Å². The topological polar surface area (TPSA) is 49.3 Å². The maximum Gasteiger partial charge on any atom is 0.224 e. The number of aliphatic hydroxyl groups excluding tert-OH is 1. The molecule has 0 heterocycles. The van der Waals surface area contributed by atoms with E-state index in [2.05, 4.69) is 31.3 Å². The fraction of sp³-hybridized carbons (Fsp3) is 0.588. The Morgan fingerprint density at radius 3 is 2.70 bits per heavy atom. The SMILES string of the molecule is Cc1ccc(CC(=O)NCC2CCCCC2O)cc1C. The molecule has 110 valence electrons. The predicted molar refractivity (Wildman–Crippen MR) is 80.6 cm³/mol. The smallest absolute Gasteiger partial charge is 0.224 e. The second-order valence-electron chi connectivity index (χ2n) is 6.01. The Bertz CT molecular complexity index is 470. The van der Waals surface area contributed by atoms with Crippen molar-refractivity contribution in [3.05, 3.63) is 34.9 Å². The predicted octanol–water partition coefficient (Wildman–Crippen LogP) is 2.51. The lowest BCUT2D eigenvalue weighted by Gasteiger charge is -2.27. The first kappa shape index (κ1) is 15.0. The Hall–Kier alpha value is -1.35. The van der Waals surface area contributed by atoms with Crippen LogP contribution in [-0.2, 0) is 11.2 Å². The molecule has 1 aromatic rings. The van der Waals surface area contributed by atoms with Gasteiger partial charge in [0.15, 0.2) is 0 Å². The molecule has 1 fully saturated rings. The van der Waals surface area contributed by atoms with Gasteiger partial charge in [-0.2, -0.15) is 0 Å². The lowest BCUT2D eigenvalue weighted by molar-refractivity contribution is -0.120. The van der Waals surface area contributed by atoms with Crippen molar-refractivity contribution in [3.63, 3.8) is 0 Å². The van der Waals surface area contributed by atoms with Crippen LogP contribution >= 0.6 is 0 Å². The molecule has 1 amide bonds. The first-order valence-electron chi connectivity index (χ1n) is 7.57. The number of aryl methyl sites for hydroxylation is 2. The van der Waals surface area contributed by atoms with Gasteiger partial charge in [0.25, 0.3) is 0 Å². The number of aliphatic hydroxyl groups is 1. The summed E-state index contributed by atoms with van der Waals surface area (Å²) in [6, 6.07) is 6.14. The van der Waals surface area contributed by atoms with Crippen molar-refractivity contribution in [3.8, 4) is 0 Å². The number of rotatable bonds is 4. The standard InChI is InChI=1S/C17H25NO2/c1-12-7-8-14(9-13(12)2)10-17(20)18-11-15-5-3-4-6-16(15)19/h7-9,15-16,19H,3-6,10-11H2,1-2H3,(H,18,20). The summed E-state index contributed by atoms with van der Waals surface area (Å²) < 4.78 is 0. The lowest BCUT2D eigenvalue weighted by atomic mass is 9.86. The molecule has 0 aliphatic heterocycles. The highest BCUT2D eigenvalue weighted by Gasteiger charge is 2.23. The molecule has 1 aliphatic rings. The van der Waals surface area contributed by atoms with Gasteiger partial charge in [0.05, 0.1) is 12.5 Å². The van der Waals surface area contributed by atoms with E-state index in [0.29, 0.717) is 13.0 Å². The van der Waals surface area contributed by atoms with Gasteiger partial charge in [-0.15, -0.1) is 0 Å². The van der Waals surface area contributed by atoms with Gasteiger partial charge in [0, 0.05) is 12.5 Å². The van der Waals surface area contributed by atoms with Gasteiger partial charge >= 0.3 is 0 Å². The zero-order valence-electron chi connectivity index (χ0n) is 12.5. The fourth-order valence-corrected chi connectivity index (χ4v) is 2.83. The molecular formula is C17H25NO2. The summed E-state index contributed by atoms with van der Waals surface area (Å²) >= 11 is 0. The van der Waals surface area contributed by atoms with Crippen molar-refractivity contribution in [2.75, 3.05) is 6.54 Å². The highest BCUT2D eigenvalue weighted by atomic mass is 16.3. The minimum Gasteiger partial charge on any atom is -0.393 e. The summed E-state index contributed by atoms with van der Waals surface area (Å²) in [7, 11) is 0. The van der Waals surface area contributed by atoms with Crippen LogP contribution in [-0.4, -0.2) is 23.7 Å². The monoisotopic (exact) mass is 275 g/mol. The normalized spacial score (nSPS) is 22.6. The van der Waals surface area contributed by atoms with E-state index in [0.717, 1.165) is 31.2 Å². The Morgan fingerprint density at radius 2 is 2.00 bits per heavy atom. The van der Waals surface area contributed by atoms with Crippen molar-refractivity contribution in [2.45, 2.75) is 52.1 Å². The number of carbonyl (C=O) groups excluding carboxylic acids is 1. The number of nitrogens with one attached hydrogen (secondary N) is 1. The average Bonchev–Trinajstić information content (AvgIpc) is 2.42. The third kappa shape index (κ3) is 4.07. The molecule has 0 saturated heterocycles. The Labute approximate surface area is 121 Å². The highest BCUT2D eigenvalue weighted by molar-refractivity contribution is 5.78. The van der Waals surface area contributed by atoms with Crippen molar-refractivity contribution >= 4 is 5.91 Å². The van der Waals surface area contributed by atoms with E-state index in [9.17, 15) is 9.90 Å². The van der Waals surface area contributed by atoms with Crippen LogP contribution < -0.4 is 5.32 Å². The van der Waals surface area contributed by atoms with Gasteiger partial charge in [-0.1, -0.05) is 31.0 Å². The van der Waals surface area contributed by atoms with Crippen LogP contribution in [0.3, 0.4) is 0 Å². The molecule has 20 heavy (non-hydrogen) atoms. The highest BCUT2D eigenvalue weighted by Crippen LogP contribution is 2.23. The first-order chi connectivity index (χ1) is 9.56. The number of amides is 1. The minimum atomic E-state index is -0.245. The molecule has 2 N–H and O–H groups in total. The van der Waals surface area contributed by atoms with Crippen molar-refractivity contribution in [1.29, 1.82) is 0 Å². The number of hydrogen-bond acceptors (Lipinski definition) is 2. The number of benzene rings is 1. The van der Waals surface area contributed by atoms with Gasteiger partial charge in [0.1, 0.15) is 0 Å². The van der Waals surface area contributed by atoms with E-state index in [1.54, 1.807) is 0 Å². The van der Waals surface area contributed by atoms with E-state index in [4.69, 9.17) is 0 Å². The van der Waals surface area contributed by atoms with E-state index in [1.807, 2.05) is 6.07 Å². The molecule has 0 spiro atoms. The van der Waals surface area contributed by atoms with Gasteiger partial charge in [-0.05, 0) is 43.4 Å². The van der Waals surface area contributed by atoms with Crippen LogP contribution in [0, 0.1) is 19.8 Å². The molecule has 0 bridgehead atoms. The van der Waals surface area contributed by atoms with Crippen LogP contribution in [0.1, 0.15) is 42.4 Å². The van der Waals surface area contributed by atoms with Gasteiger partial charge in [-0.3, -0.25) is 4.79 Å². The Kier molecular flexibility index (Phi) is 5.18. The molecule has 1 aliphatic carbocycles. The van der Waals surface area contributed by atoms with Gasteiger partial charge < -0.3 is 10.4 Å². The molecule has 1 aromatic carbocycles. The van der Waals surface area contributed by atoms with Crippen molar-refractivity contribution in [2.24, 2.45) is 5.92 Å². The lowest BCUT2D eigenvalue weighted by Crippen LogP contribution is -2.37. The van der Waals surface area contributed by atoms with Crippen LogP contribution in [0.15, 0.2) is 18.2 Å². The maximum absolute atomic E-state index is 12.0. The maximum atomic E-state index is 12.0. The minimum absolute atomic E-state index is 0.0472. The Balaban J connectivity index is 1.81. The van der Waals surface area contributed by atoms with Crippen LogP contribution in [0.2, 0.25) is 0 Å². The molecular weight excluding hydrogens is 250 g/mol. The quantitative estimate of drug-likeness (QED) is 0.887. The zero-order valence-corrected chi connectivity index (χ0v) is 12.5. The second kappa shape index (κ2) is 6.89. The van der Waals surface area contributed by atoms with E-state index < -0.39 is 0 Å². The first-order valence-corrected chi connectivity index (χ1v) is 7.57. The third-order valence-corrected chi connectivity index (χ3v) is 4.37. The van der Waals surface area contributed by atoms with E-state index in [1.165, 1.54) is 11.1 Å². The van der Waals surface area contributed by atoms with E-state index >= 15 is 0 Å². The molecule has 2 atom stereocenters. The van der Waals surface area contributed by atoms with Crippen LogP contribution in [0.4, 0.5) is 0 Å². The number of hydrogen-bond donors (Lipinski definition) is 2. The van der Waals surface area contributed by atoms with E-state index in [-0.39, 0.29) is 17.9 Å². The van der Waals surface area contributed by atoms with Crippen molar-refractivity contribution in [1.82, 2.24) is 5.32 Å². The summed E-state index contributed by atoms with van der Waals surface area (Å²) in [5.41, 5.74) is 3.52. The molecule has 2 unspecified atom stereocenters. The molecule has 0 radical (unpaired) electrons. The van der Waals surface area contributed by atoms with Crippen LogP contribution in [0.5, 0.6) is 0 Å². The molecule has 2 rings (SSSR count). The molecule has 3 nitrogen and oxygen atoms in total. The summed E-state index contributed by atoms with van der Waals surface area (Å²) in [4.78, 5) is 12.0. The Morgan fingerprint density at radius 1 is 1.25 bits per heavy atom. The summed E-state index contributed by atoms with van der Waals surface area (Å²) in [5, 5.41) is 12.9. The second-order valence-corrected chi connectivity index (χ2v) is 6.01. The third-order valence-electron chi connectivity index (χ3n) is 4.37. The zero-order chi connectivity index (χ0) is 14.5. The largest absolute Gasteiger partial charge is 0.393 e. The summed E-state index contributed by atoms with van der Waals surface area (Å²) in [5.74, 6) is 0.276. The fourth-order valence-electron chi connectivity index (χ4n) is 2.83. The average molecular weight is 275 g/mol. The summed E-state index contributed by atoms with van der Waals surface area (Å²) in [6.07, 6.45) is 4.33. The van der Waals surface area contributed by atoms with Gasteiger partial charge in [0.2, 0.25) is 5.91 Å². The summed E-state index contributed by atoms with van der Waals surface area (Å²) in [6.45, 7) is 4.74. The van der Waals surface area contributed by atoms with Gasteiger partial charge in [-0.25, -0.2) is 0 Å². The molecule has 3 heteroatoms. The number of carbonyl (C=O) groups is 1. The molecule has 1 saturated carbocycles. The molecule has 0 aromatic heterocycles. The van der Waals surface area contributed by atoms with Crippen molar-refractivity contribution < 1.29 is 9.90 Å².